The molecule has 1 N–H and O–H groups in total. The number of halogens is 1. The van der Waals surface area contributed by atoms with Crippen LogP contribution in [-0.4, -0.2) is 57.0 Å². The first-order chi connectivity index (χ1) is 14.2. The lowest BCUT2D eigenvalue weighted by Gasteiger charge is -2.25. The van der Waals surface area contributed by atoms with Gasteiger partial charge in [0.05, 0.1) is 33.1 Å². The van der Waals surface area contributed by atoms with Gasteiger partial charge in [-0.15, -0.1) is 0 Å². The zero-order valence-corrected chi connectivity index (χ0v) is 17.9. The third-order valence-electron chi connectivity index (χ3n) is 4.38. The second-order valence-corrected chi connectivity index (χ2v) is 7.33. The maximum absolute atomic E-state index is 12.0. The Kier molecular flexibility index (Phi) is 8.03. The van der Waals surface area contributed by atoms with E-state index in [9.17, 15) is 4.79 Å². The predicted molar refractivity (Wildman–Crippen MR) is 114 cm³/mol. The minimum absolute atomic E-state index is 0.158. The van der Waals surface area contributed by atoms with E-state index in [2.05, 4.69) is 26.5 Å². The smallest absolute Gasteiger partial charge is 0.254 e. The van der Waals surface area contributed by atoms with Gasteiger partial charge in [-0.25, -0.2) is 5.43 Å². The van der Waals surface area contributed by atoms with Gasteiger partial charge in [0.2, 0.25) is 0 Å². The second kappa shape index (κ2) is 10.9. The van der Waals surface area contributed by atoms with Crippen molar-refractivity contribution in [1.82, 2.24) is 10.3 Å². The van der Waals surface area contributed by atoms with Crippen LogP contribution in [0.2, 0.25) is 0 Å². The summed E-state index contributed by atoms with van der Waals surface area (Å²) in [6, 6.07) is 13.6. The predicted octanol–water partition coefficient (Wildman–Crippen LogP) is 2.82. The number of rotatable bonds is 8. The van der Waals surface area contributed by atoms with Crippen LogP contribution in [0.1, 0.15) is 11.1 Å². The lowest BCUT2D eigenvalue weighted by molar-refractivity contribution is -0.123. The standard InChI is InChI=1S/C21H24BrN3O4/c1-27-19-11-17(13-23-24-21(26)14-25-7-9-28-10-8-25)18(22)12-20(19)29-15-16-5-3-2-4-6-16/h2-6,11-13H,7-10,14-15H2,1H3,(H,24,26)/b23-13+. The number of carbonyl (C=O) groups excluding carboxylic acids is 1. The van der Waals surface area contributed by atoms with Gasteiger partial charge in [-0.3, -0.25) is 9.69 Å². The largest absolute Gasteiger partial charge is 0.493 e. The van der Waals surface area contributed by atoms with Crippen molar-refractivity contribution in [3.63, 3.8) is 0 Å². The van der Waals surface area contributed by atoms with Gasteiger partial charge >= 0.3 is 0 Å². The molecule has 0 unspecified atom stereocenters. The molecule has 1 aliphatic rings. The molecule has 2 aromatic rings. The molecule has 0 saturated carbocycles. The number of amides is 1. The molecule has 0 spiro atoms. The molecule has 2 aromatic carbocycles. The van der Waals surface area contributed by atoms with Gasteiger partial charge < -0.3 is 14.2 Å². The molecule has 0 atom stereocenters. The SMILES string of the molecule is COc1cc(/C=N/NC(=O)CN2CCOCC2)c(Br)cc1OCc1ccccc1. The van der Waals surface area contributed by atoms with E-state index in [1.165, 1.54) is 0 Å². The van der Waals surface area contributed by atoms with E-state index in [0.29, 0.717) is 37.9 Å². The van der Waals surface area contributed by atoms with Crippen molar-refractivity contribution >= 4 is 28.1 Å². The fraction of sp³-hybridized carbons (Fsp3) is 0.333. The van der Waals surface area contributed by atoms with E-state index in [4.69, 9.17) is 14.2 Å². The lowest BCUT2D eigenvalue weighted by atomic mass is 10.2. The summed E-state index contributed by atoms with van der Waals surface area (Å²) in [4.78, 5) is 14.1. The van der Waals surface area contributed by atoms with E-state index in [-0.39, 0.29) is 5.91 Å². The third-order valence-corrected chi connectivity index (χ3v) is 5.07. The number of nitrogens with zero attached hydrogens (tertiary/aromatic N) is 2. The first-order valence-electron chi connectivity index (χ1n) is 9.32. The maximum atomic E-state index is 12.0. The molecule has 1 aliphatic heterocycles. The summed E-state index contributed by atoms with van der Waals surface area (Å²) in [5.74, 6) is 1.05. The Hall–Kier alpha value is -2.42. The average Bonchev–Trinajstić information content (AvgIpc) is 2.75. The molecule has 3 rings (SSSR count). The van der Waals surface area contributed by atoms with Crippen LogP contribution in [-0.2, 0) is 16.1 Å². The Morgan fingerprint density at radius 3 is 2.72 bits per heavy atom. The van der Waals surface area contributed by atoms with Crippen molar-refractivity contribution < 1.29 is 19.0 Å². The van der Waals surface area contributed by atoms with Crippen LogP contribution in [0.25, 0.3) is 0 Å². The summed E-state index contributed by atoms with van der Waals surface area (Å²) in [5, 5.41) is 4.06. The fourth-order valence-corrected chi connectivity index (χ4v) is 3.25. The number of carbonyl (C=O) groups is 1. The van der Waals surface area contributed by atoms with Crippen LogP contribution in [0.15, 0.2) is 52.0 Å². The van der Waals surface area contributed by atoms with Gasteiger partial charge in [0, 0.05) is 23.1 Å². The molecule has 1 saturated heterocycles. The molecule has 7 nitrogen and oxygen atoms in total. The van der Waals surface area contributed by atoms with Gasteiger partial charge in [-0.2, -0.15) is 5.10 Å². The normalized spacial score (nSPS) is 14.7. The first kappa shape index (κ1) is 21.3. The summed E-state index contributed by atoms with van der Waals surface area (Å²) in [6.07, 6.45) is 1.57. The second-order valence-electron chi connectivity index (χ2n) is 6.48. The number of hydrogen-bond acceptors (Lipinski definition) is 6. The Morgan fingerprint density at radius 2 is 2.00 bits per heavy atom. The Morgan fingerprint density at radius 1 is 1.24 bits per heavy atom. The third kappa shape index (κ3) is 6.56. The lowest BCUT2D eigenvalue weighted by Crippen LogP contribution is -2.42. The van der Waals surface area contributed by atoms with Crippen LogP contribution in [0.4, 0.5) is 0 Å². The van der Waals surface area contributed by atoms with Crippen molar-refractivity contribution in [2.24, 2.45) is 5.10 Å². The molecular weight excluding hydrogens is 438 g/mol. The van der Waals surface area contributed by atoms with E-state index < -0.39 is 0 Å². The summed E-state index contributed by atoms with van der Waals surface area (Å²) in [5.41, 5.74) is 4.39. The van der Waals surface area contributed by atoms with Crippen molar-refractivity contribution in [1.29, 1.82) is 0 Å². The number of ether oxygens (including phenoxy) is 3. The number of morpholine rings is 1. The molecule has 1 heterocycles. The van der Waals surface area contributed by atoms with E-state index in [1.54, 1.807) is 13.3 Å². The zero-order chi connectivity index (χ0) is 20.5. The highest BCUT2D eigenvalue weighted by molar-refractivity contribution is 9.10. The van der Waals surface area contributed by atoms with Gasteiger partial charge in [0.25, 0.3) is 5.91 Å². The molecular formula is C21H24BrN3O4. The summed E-state index contributed by atoms with van der Waals surface area (Å²) in [7, 11) is 1.59. The van der Waals surface area contributed by atoms with E-state index in [0.717, 1.165) is 28.7 Å². The molecule has 0 aromatic heterocycles. The molecule has 8 heteroatoms. The van der Waals surface area contributed by atoms with Crippen LogP contribution >= 0.6 is 15.9 Å². The summed E-state index contributed by atoms with van der Waals surface area (Å²) in [6.45, 7) is 3.56. The monoisotopic (exact) mass is 461 g/mol. The number of hydrogen-bond donors (Lipinski definition) is 1. The van der Waals surface area contributed by atoms with Gasteiger partial charge in [-0.1, -0.05) is 30.3 Å². The van der Waals surface area contributed by atoms with E-state index >= 15 is 0 Å². The molecule has 1 amide bonds. The highest BCUT2D eigenvalue weighted by Gasteiger charge is 2.14. The van der Waals surface area contributed by atoms with Gasteiger partial charge in [0.1, 0.15) is 6.61 Å². The van der Waals surface area contributed by atoms with Gasteiger partial charge in [0.15, 0.2) is 11.5 Å². The highest BCUT2D eigenvalue weighted by Crippen LogP contribution is 2.33. The van der Waals surface area contributed by atoms with Crippen LogP contribution in [0.5, 0.6) is 11.5 Å². The summed E-state index contributed by atoms with van der Waals surface area (Å²) < 4.78 is 17.4. The zero-order valence-electron chi connectivity index (χ0n) is 16.3. The molecule has 1 fully saturated rings. The van der Waals surface area contributed by atoms with Crippen LogP contribution in [0.3, 0.4) is 0 Å². The Bertz CT molecular complexity index is 839. The van der Waals surface area contributed by atoms with Crippen molar-refractivity contribution in [2.45, 2.75) is 6.61 Å². The highest BCUT2D eigenvalue weighted by atomic mass is 79.9. The number of nitrogens with one attached hydrogen (secondary N) is 1. The van der Waals surface area contributed by atoms with Crippen molar-refractivity contribution in [3.05, 3.63) is 58.1 Å². The van der Waals surface area contributed by atoms with E-state index in [1.807, 2.05) is 47.4 Å². The quantitative estimate of drug-likeness (QED) is 0.483. The molecule has 154 valence electrons. The summed E-state index contributed by atoms with van der Waals surface area (Å²) >= 11 is 3.52. The number of hydrazone groups is 1. The maximum Gasteiger partial charge on any atom is 0.254 e. The van der Waals surface area contributed by atoms with Crippen molar-refractivity contribution in [2.75, 3.05) is 40.0 Å². The van der Waals surface area contributed by atoms with Gasteiger partial charge in [-0.05, 0) is 33.6 Å². The minimum Gasteiger partial charge on any atom is -0.493 e. The average molecular weight is 462 g/mol. The Labute approximate surface area is 178 Å². The molecule has 0 radical (unpaired) electrons. The molecule has 29 heavy (non-hydrogen) atoms. The molecule has 0 aliphatic carbocycles. The first-order valence-corrected chi connectivity index (χ1v) is 10.1. The van der Waals surface area contributed by atoms with Crippen LogP contribution in [0, 0.1) is 0 Å². The van der Waals surface area contributed by atoms with Crippen molar-refractivity contribution in [3.8, 4) is 11.5 Å². The number of methoxy groups -OCH3 is 1. The molecule has 0 bridgehead atoms. The topological polar surface area (TPSA) is 72.4 Å². The number of benzene rings is 2. The Balaban J connectivity index is 1.58. The fourth-order valence-electron chi connectivity index (χ4n) is 2.83. The minimum atomic E-state index is -0.158. The van der Waals surface area contributed by atoms with Crippen LogP contribution < -0.4 is 14.9 Å².